The van der Waals surface area contributed by atoms with E-state index >= 15 is 0 Å². The molecule has 1 aromatic carbocycles. The smallest absolute Gasteiger partial charge is 0.406 e. The van der Waals surface area contributed by atoms with E-state index in [1.54, 1.807) is 0 Å². The Hall–Kier alpha value is -2.83. The molecule has 1 aromatic heterocycles. The molecule has 2 aromatic rings. The van der Waals surface area contributed by atoms with Crippen molar-refractivity contribution in [3.63, 3.8) is 0 Å². The second-order valence-corrected chi connectivity index (χ2v) is 8.65. The first-order valence-electron chi connectivity index (χ1n) is 9.46. The van der Waals surface area contributed by atoms with Gasteiger partial charge < -0.3 is 15.0 Å². The number of urea groups is 1. The van der Waals surface area contributed by atoms with Gasteiger partial charge in [-0.2, -0.15) is 19.0 Å². The summed E-state index contributed by atoms with van der Waals surface area (Å²) in [5, 5.41) is 6.17. The van der Waals surface area contributed by atoms with Crippen LogP contribution in [0.5, 0.6) is 5.75 Å². The lowest BCUT2D eigenvalue weighted by molar-refractivity contribution is -0.274. The molecular weight excluding hydrogens is 459 g/mol. The highest BCUT2D eigenvalue weighted by molar-refractivity contribution is 7.86. The molecular formula is C19H19F5N4O3S. The van der Waals surface area contributed by atoms with Crippen molar-refractivity contribution in [2.24, 2.45) is 5.92 Å². The van der Waals surface area contributed by atoms with Crippen molar-refractivity contribution in [2.75, 3.05) is 18.4 Å². The monoisotopic (exact) mass is 478 g/mol. The van der Waals surface area contributed by atoms with Crippen molar-refractivity contribution >= 4 is 22.5 Å². The molecule has 3 rings (SSSR count). The van der Waals surface area contributed by atoms with E-state index in [1.165, 1.54) is 30.3 Å². The molecule has 0 saturated carbocycles. The SMILES string of the molecule is Cc1cc(OC(F)(F)F)ccc1S(=O)C(F)(F)C1CCN(C(=O)Nc2ccnnc2)CC1. The number of piperidine rings is 1. The van der Waals surface area contributed by atoms with Crippen LogP contribution in [0.2, 0.25) is 0 Å². The lowest BCUT2D eigenvalue weighted by atomic mass is 9.97. The van der Waals surface area contributed by atoms with Crippen LogP contribution >= 0.6 is 0 Å². The average Bonchev–Trinajstić information content (AvgIpc) is 2.73. The Kier molecular flexibility index (Phi) is 6.96. The summed E-state index contributed by atoms with van der Waals surface area (Å²) in [6, 6.07) is 3.77. The van der Waals surface area contributed by atoms with Crippen molar-refractivity contribution in [3.05, 3.63) is 42.2 Å². The van der Waals surface area contributed by atoms with Crippen LogP contribution in [-0.2, 0) is 10.8 Å². The predicted octanol–water partition coefficient (Wildman–Crippen LogP) is 4.33. The van der Waals surface area contributed by atoms with Gasteiger partial charge in [-0.05, 0) is 49.6 Å². The number of carbonyl (C=O) groups excluding carboxylic acids is 1. The molecule has 1 aliphatic rings. The summed E-state index contributed by atoms with van der Waals surface area (Å²) in [6.45, 7) is 1.34. The first-order valence-corrected chi connectivity index (χ1v) is 10.6. The first kappa shape index (κ1) is 23.8. The zero-order valence-corrected chi connectivity index (χ0v) is 17.6. The minimum Gasteiger partial charge on any atom is -0.406 e. The molecule has 1 atom stereocenters. The number of likely N-dealkylation sites (tertiary alicyclic amines) is 1. The Labute approximate surface area is 182 Å². The molecule has 1 aliphatic heterocycles. The molecule has 0 spiro atoms. The van der Waals surface area contributed by atoms with Gasteiger partial charge in [-0.15, -0.1) is 13.2 Å². The number of rotatable bonds is 5. The summed E-state index contributed by atoms with van der Waals surface area (Å²) in [6.07, 6.45) is -2.37. The van der Waals surface area contributed by atoms with Crippen LogP contribution < -0.4 is 10.1 Å². The molecule has 174 valence electrons. The molecule has 0 radical (unpaired) electrons. The van der Waals surface area contributed by atoms with Crippen LogP contribution in [0.25, 0.3) is 0 Å². The number of nitrogens with zero attached hydrogens (tertiary/aromatic N) is 3. The van der Waals surface area contributed by atoms with Gasteiger partial charge in [0.2, 0.25) is 0 Å². The Morgan fingerprint density at radius 2 is 1.84 bits per heavy atom. The highest BCUT2D eigenvalue weighted by Gasteiger charge is 2.48. The third-order valence-electron chi connectivity index (χ3n) is 4.92. The van der Waals surface area contributed by atoms with Gasteiger partial charge in [0, 0.05) is 23.9 Å². The summed E-state index contributed by atoms with van der Waals surface area (Å²) in [7, 11) is -2.79. The third-order valence-corrected chi connectivity index (χ3v) is 6.61. The highest BCUT2D eigenvalue weighted by atomic mass is 32.2. The van der Waals surface area contributed by atoms with E-state index in [1.807, 2.05) is 0 Å². The number of alkyl halides is 5. The summed E-state index contributed by atoms with van der Waals surface area (Å²) < 4.78 is 83.3. The lowest BCUT2D eigenvalue weighted by Crippen LogP contribution is -2.46. The lowest BCUT2D eigenvalue weighted by Gasteiger charge is -2.35. The number of benzene rings is 1. The quantitative estimate of drug-likeness (QED) is 0.647. The van der Waals surface area contributed by atoms with Gasteiger partial charge >= 0.3 is 17.6 Å². The maximum absolute atomic E-state index is 15.0. The van der Waals surface area contributed by atoms with E-state index < -0.39 is 40.1 Å². The second kappa shape index (κ2) is 9.35. The second-order valence-electron chi connectivity index (χ2n) is 7.13. The van der Waals surface area contributed by atoms with Crippen LogP contribution in [0, 0.1) is 12.8 Å². The molecule has 2 heterocycles. The molecule has 1 saturated heterocycles. The number of aryl methyl sites for hydroxylation is 1. The van der Waals surface area contributed by atoms with Gasteiger partial charge in [0.15, 0.2) is 0 Å². The van der Waals surface area contributed by atoms with Crippen LogP contribution in [0.1, 0.15) is 18.4 Å². The van der Waals surface area contributed by atoms with E-state index in [0.717, 1.165) is 18.2 Å². The van der Waals surface area contributed by atoms with E-state index in [-0.39, 0.29) is 36.4 Å². The summed E-state index contributed by atoms with van der Waals surface area (Å²) in [5.41, 5.74) is 0.402. The fourth-order valence-electron chi connectivity index (χ4n) is 3.31. The number of carbonyl (C=O) groups is 1. The van der Waals surface area contributed by atoms with E-state index in [2.05, 4.69) is 20.3 Å². The van der Waals surface area contributed by atoms with E-state index in [4.69, 9.17) is 0 Å². The van der Waals surface area contributed by atoms with Gasteiger partial charge in [-0.25, -0.2) is 9.00 Å². The number of nitrogens with one attached hydrogen (secondary N) is 1. The minimum absolute atomic E-state index is 0.00691. The van der Waals surface area contributed by atoms with Gasteiger partial charge in [-0.1, -0.05) is 0 Å². The number of anilines is 1. The van der Waals surface area contributed by atoms with Crippen LogP contribution in [0.4, 0.5) is 32.4 Å². The van der Waals surface area contributed by atoms with Crippen molar-refractivity contribution in [1.82, 2.24) is 15.1 Å². The minimum atomic E-state index is -4.93. The molecule has 1 unspecified atom stereocenters. The molecule has 0 aliphatic carbocycles. The molecule has 32 heavy (non-hydrogen) atoms. The first-order chi connectivity index (χ1) is 15.0. The van der Waals surface area contributed by atoms with Crippen LogP contribution in [0.15, 0.2) is 41.6 Å². The third kappa shape index (κ3) is 5.69. The van der Waals surface area contributed by atoms with Crippen LogP contribution in [0.3, 0.4) is 0 Å². The Morgan fingerprint density at radius 1 is 1.16 bits per heavy atom. The Balaban J connectivity index is 1.63. The van der Waals surface area contributed by atoms with Crippen molar-refractivity contribution in [1.29, 1.82) is 0 Å². The average molecular weight is 478 g/mol. The zero-order chi connectivity index (χ0) is 23.5. The predicted molar refractivity (Wildman–Crippen MR) is 105 cm³/mol. The van der Waals surface area contributed by atoms with Crippen molar-refractivity contribution < 1.29 is 35.7 Å². The van der Waals surface area contributed by atoms with Crippen LogP contribution in [-0.4, -0.2) is 50.0 Å². The normalized spacial score (nSPS) is 16.5. The summed E-state index contributed by atoms with van der Waals surface area (Å²) >= 11 is 0. The van der Waals surface area contributed by atoms with Gasteiger partial charge in [-0.3, -0.25) is 0 Å². The molecule has 1 fully saturated rings. The van der Waals surface area contributed by atoms with E-state index in [9.17, 15) is 31.0 Å². The fraction of sp³-hybridized carbons (Fsp3) is 0.421. The molecule has 1 N–H and O–H groups in total. The maximum atomic E-state index is 15.0. The number of amides is 2. The van der Waals surface area contributed by atoms with Crippen molar-refractivity contribution in [3.8, 4) is 5.75 Å². The highest BCUT2D eigenvalue weighted by Crippen LogP contribution is 2.40. The van der Waals surface area contributed by atoms with Gasteiger partial charge in [0.05, 0.1) is 18.1 Å². The standard InChI is InChI=1S/C19H19F5N4O3S/c1-12-10-15(31-19(22,23)24)2-3-16(12)32(30)18(20,21)13-5-8-28(9-6-13)17(29)27-14-4-7-25-26-11-14/h2-4,7,10-11,13H,5-6,8-9H2,1H3,(H,25,27,29). The molecule has 13 heteroatoms. The molecule has 7 nitrogen and oxygen atoms in total. The largest absolute Gasteiger partial charge is 0.573 e. The number of hydrogen-bond donors (Lipinski definition) is 1. The zero-order valence-electron chi connectivity index (χ0n) is 16.7. The Morgan fingerprint density at radius 3 is 2.41 bits per heavy atom. The van der Waals surface area contributed by atoms with Gasteiger partial charge in [0.25, 0.3) is 0 Å². The number of aromatic nitrogens is 2. The maximum Gasteiger partial charge on any atom is 0.573 e. The number of ether oxygens (including phenoxy) is 1. The van der Waals surface area contributed by atoms with Gasteiger partial charge in [0.1, 0.15) is 16.5 Å². The topological polar surface area (TPSA) is 84.4 Å². The number of halogens is 5. The number of hydrogen-bond acceptors (Lipinski definition) is 5. The fourth-order valence-corrected chi connectivity index (χ4v) is 4.69. The summed E-state index contributed by atoms with van der Waals surface area (Å²) in [4.78, 5) is 13.4. The summed E-state index contributed by atoms with van der Waals surface area (Å²) in [5.74, 6) is -1.84. The van der Waals surface area contributed by atoms with E-state index in [0.29, 0.717) is 5.69 Å². The van der Waals surface area contributed by atoms with Crippen molar-refractivity contribution in [2.45, 2.75) is 36.3 Å². The Bertz CT molecular complexity index is 983. The molecule has 2 amide bonds. The molecule has 0 bridgehead atoms.